The lowest BCUT2D eigenvalue weighted by Crippen LogP contribution is -2.45. The maximum Gasteiger partial charge on any atom is 0.0529 e. The zero-order chi connectivity index (χ0) is 12.1. The van der Waals surface area contributed by atoms with E-state index >= 15 is 0 Å². The molecule has 4 heteroatoms. The van der Waals surface area contributed by atoms with Crippen LogP contribution < -0.4 is 5.73 Å². The summed E-state index contributed by atoms with van der Waals surface area (Å²) in [5.74, 6) is 0. The lowest BCUT2D eigenvalue weighted by atomic mass is 9.83. The Morgan fingerprint density at radius 3 is 1.60 bits per heavy atom. The second kappa shape index (κ2) is 6.43. The van der Waals surface area contributed by atoms with Crippen molar-refractivity contribution in [1.29, 1.82) is 0 Å². The lowest BCUT2D eigenvalue weighted by molar-refractivity contribution is 0.0879. The molecule has 0 radical (unpaired) electrons. The molecule has 0 amide bonds. The molecule has 0 aliphatic carbocycles. The number of aliphatic hydroxyl groups excluding tert-OH is 3. The van der Waals surface area contributed by atoms with Gasteiger partial charge in [0.2, 0.25) is 0 Å². The molecule has 3 unspecified atom stereocenters. The summed E-state index contributed by atoms with van der Waals surface area (Å²) in [6.45, 7) is 5.09. The van der Waals surface area contributed by atoms with E-state index in [0.29, 0.717) is 25.7 Å². The number of hydrogen-bond acceptors (Lipinski definition) is 4. The molecule has 15 heavy (non-hydrogen) atoms. The van der Waals surface area contributed by atoms with Crippen molar-refractivity contribution in [2.75, 3.05) is 0 Å². The minimum Gasteiger partial charge on any atom is -0.393 e. The SMILES string of the molecule is CC(O)CCC(N)(CC(C)O)CC(C)O. The van der Waals surface area contributed by atoms with Gasteiger partial charge in [-0.1, -0.05) is 0 Å². The van der Waals surface area contributed by atoms with Gasteiger partial charge in [0.15, 0.2) is 0 Å². The Morgan fingerprint density at radius 1 is 0.933 bits per heavy atom. The maximum atomic E-state index is 9.34. The van der Waals surface area contributed by atoms with Gasteiger partial charge in [-0.05, 0) is 46.5 Å². The normalized spacial score (nSPS) is 21.8. The molecule has 0 heterocycles. The van der Waals surface area contributed by atoms with E-state index in [1.807, 2.05) is 0 Å². The van der Waals surface area contributed by atoms with E-state index in [1.165, 1.54) is 0 Å². The first-order valence-corrected chi connectivity index (χ1v) is 5.58. The molecule has 0 spiro atoms. The Labute approximate surface area is 92.1 Å². The molecular formula is C11H25NO3. The van der Waals surface area contributed by atoms with Crippen molar-refractivity contribution in [2.45, 2.75) is 70.3 Å². The molecule has 0 aromatic carbocycles. The fourth-order valence-corrected chi connectivity index (χ4v) is 1.96. The summed E-state index contributed by atoms with van der Waals surface area (Å²) in [7, 11) is 0. The molecule has 0 bridgehead atoms. The van der Waals surface area contributed by atoms with Gasteiger partial charge in [-0.15, -0.1) is 0 Å². The van der Waals surface area contributed by atoms with Crippen molar-refractivity contribution in [3.05, 3.63) is 0 Å². The number of rotatable bonds is 7. The monoisotopic (exact) mass is 219 g/mol. The highest BCUT2D eigenvalue weighted by Gasteiger charge is 2.28. The van der Waals surface area contributed by atoms with E-state index in [1.54, 1.807) is 20.8 Å². The number of hydrogen-bond donors (Lipinski definition) is 4. The van der Waals surface area contributed by atoms with Gasteiger partial charge in [-0.2, -0.15) is 0 Å². The van der Waals surface area contributed by atoms with E-state index in [9.17, 15) is 15.3 Å². The van der Waals surface area contributed by atoms with Crippen LogP contribution in [0, 0.1) is 0 Å². The van der Waals surface area contributed by atoms with Crippen LogP contribution in [-0.4, -0.2) is 39.2 Å². The Bertz CT molecular complexity index is 159. The molecule has 0 rings (SSSR count). The van der Waals surface area contributed by atoms with Crippen LogP contribution in [0.3, 0.4) is 0 Å². The number of nitrogens with two attached hydrogens (primary N) is 1. The van der Waals surface area contributed by atoms with E-state index in [4.69, 9.17) is 5.73 Å². The van der Waals surface area contributed by atoms with Crippen molar-refractivity contribution in [2.24, 2.45) is 5.73 Å². The van der Waals surface area contributed by atoms with E-state index in [-0.39, 0.29) is 0 Å². The molecule has 0 aliphatic rings. The van der Waals surface area contributed by atoms with Crippen LogP contribution in [0.2, 0.25) is 0 Å². The molecule has 5 N–H and O–H groups in total. The summed E-state index contributed by atoms with van der Waals surface area (Å²) in [5, 5.41) is 27.9. The summed E-state index contributed by atoms with van der Waals surface area (Å²) in [4.78, 5) is 0. The smallest absolute Gasteiger partial charge is 0.0529 e. The van der Waals surface area contributed by atoms with Gasteiger partial charge in [0, 0.05) is 5.54 Å². The first-order valence-electron chi connectivity index (χ1n) is 5.58. The van der Waals surface area contributed by atoms with Crippen LogP contribution in [0.5, 0.6) is 0 Å². The van der Waals surface area contributed by atoms with Crippen LogP contribution in [0.1, 0.15) is 46.5 Å². The minimum absolute atomic E-state index is 0.393. The third kappa shape index (κ3) is 7.73. The molecule has 0 saturated heterocycles. The molecule has 0 aromatic heterocycles. The Morgan fingerprint density at radius 2 is 1.33 bits per heavy atom. The first-order chi connectivity index (χ1) is 6.75. The van der Waals surface area contributed by atoms with Crippen molar-refractivity contribution in [3.63, 3.8) is 0 Å². The molecule has 0 aromatic rings. The Balaban J connectivity index is 4.26. The van der Waals surface area contributed by atoms with Crippen molar-refractivity contribution in [1.82, 2.24) is 0 Å². The lowest BCUT2D eigenvalue weighted by Gasteiger charge is -2.32. The molecule has 4 nitrogen and oxygen atoms in total. The average molecular weight is 219 g/mol. The summed E-state index contributed by atoms with van der Waals surface area (Å²) in [6.07, 6.45) is 0.743. The predicted molar refractivity (Wildman–Crippen MR) is 60.4 cm³/mol. The van der Waals surface area contributed by atoms with Crippen LogP contribution in [0.25, 0.3) is 0 Å². The highest BCUT2D eigenvalue weighted by molar-refractivity contribution is 4.87. The maximum absolute atomic E-state index is 9.34. The van der Waals surface area contributed by atoms with Gasteiger partial charge < -0.3 is 21.1 Å². The average Bonchev–Trinajstić information content (AvgIpc) is 1.97. The largest absolute Gasteiger partial charge is 0.393 e. The fourth-order valence-electron chi connectivity index (χ4n) is 1.96. The van der Waals surface area contributed by atoms with Crippen molar-refractivity contribution in [3.8, 4) is 0 Å². The van der Waals surface area contributed by atoms with Crippen molar-refractivity contribution >= 4 is 0 Å². The Kier molecular flexibility index (Phi) is 6.36. The quantitative estimate of drug-likeness (QED) is 0.499. The molecule has 92 valence electrons. The fraction of sp³-hybridized carbons (Fsp3) is 1.00. The molecular weight excluding hydrogens is 194 g/mol. The van der Waals surface area contributed by atoms with Gasteiger partial charge in [0.05, 0.1) is 18.3 Å². The minimum atomic E-state index is -0.584. The van der Waals surface area contributed by atoms with E-state index in [2.05, 4.69) is 0 Å². The van der Waals surface area contributed by atoms with Gasteiger partial charge in [0.1, 0.15) is 0 Å². The van der Waals surface area contributed by atoms with Crippen LogP contribution >= 0.6 is 0 Å². The van der Waals surface area contributed by atoms with Crippen LogP contribution in [-0.2, 0) is 0 Å². The van der Waals surface area contributed by atoms with Gasteiger partial charge in [0.25, 0.3) is 0 Å². The Hall–Kier alpha value is -0.160. The van der Waals surface area contributed by atoms with Crippen molar-refractivity contribution < 1.29 is 15.3 Å². The topological polar surface area (TPSA) is 86.7 Å². The van der Waals surface area contributed by atoms with Gasteiger partial charge in [-0.3, -0.25) is 0 Å². The second-order valence-electron chi connectivity index (χ2n) is 4.86. The number of aliphatic hydroxyl groups is 3. The van der Waals surface area contributed by atoms with Gasteiger partial charge >= 0.3 is 0 Å². The third-order valence-electron chi connectivity index (χ3n) is 2.46. The molecule has 0 saturated carbocycles. The second-order valence-corrected chi connectivity index (χ2v) is 4.86. The summed E-state index contributed by atoms with van der Waals surface area (Å²) in [6, 6.07) is 0. The summed E-state index contributed by atoms with van der Waals surface area (Å²) < 4.78 is 0. The van der Waals surface area contributed by atoms with Crippen LogP contribution in [0.15, 0.2) is 0 Å². The first kappa shape index (κ1) is 14.8. The third-order valence-corrected chi connectivity index (χ3v) is 2.46. The highest BCUT2D eigenvalue weighted by Crippen LogP contribution is 2.23. The molecule has 3 atom stereocenters. The summed E-state index contributed by atoms with van der Waals surface area (Å²) in [5.41, 5.74) is 5.53. The highest BCUT2D eigenvalue weighted by atomic mass is 16.3. The zero-order valence-corrected chi connectivity index (χ0v) is 9.98. The van der Waals surface area contributed by atoms with E-state index in [0.717, 1.165) is 0 Å². The zero-order valence-electron chi connectivity index (χ0n) is 9.98. The molecule has 0 aliphatic heterocycles. The van der Waals surface area contributed by atoms with E-state index < -0.39 is 23.9 Å². The standard InChI is InChI=1S/C11H25NO3/c1-8(13)4-5-11(12,6-9(2)14)7-10(3)15/h8-10,13-15H,4-7,12H2,1-3H3. The molecule has 0 fully saturated rings. The van der Waals surface area contributed by atoms with Crippen LogP contribution in [0.4, 0.5) is 0 Å². The summed E-state index contributed by atoms with van der Waals surface area (Å²) >= 11 is 0. The van der Waals surface area contributed by atoms with Gasteiger partial charge in [-0.25, -0.2) is 0 Å². The predicted octanol–water partition coefficient (Wildman–Crippen LogP) is 0.387.